The van der Waals surface area contributed by atoms with E-state index in [9.17, 15) is 0 Å². The zero-order valence-corrected chi connectivity index (χ0v) is 14.9. The number of nitrogens with zero attached hydrogens (tertiary/aromatic N) is 2. The number of rotatable bonds is 3. The predicted octanol–water partition coefficient (Wildman–Crippen LogP) is 5.16. The van der Waals surface area contributed by atoms with E-state index in [2.05, 4.69) is 49.7 Å². The van der Waals surface area contributed by atoms with Crippen molar-refractivity contribution in [2.24, 2.45) is 10.2 Å². The molecule has 0 fully saturated rings. The fraction of sp³-hybridized carbons (Fsp3) is 0.235. The lowest BCUT2D eigenvalue weighted by molar-refractivity contribution is 0.647. The molecule has 0 bridgehead atoms. The summed E-state index contributed by atoms with van der Waals surface area (Å²) in [6.45, 7) is 0.585. The molecule has 2 aromatic rings. The van der Waals surface area contributed by atoms with E-state index in [1.54, 1.807) is 0 Å². The van der Waals surface area contributed by atoms with Crippen molar-refractivity contribution < 1.29 is 0 Å². The number of nitrogens with one attached hydrogen (secondary N) is 2. The summed E-state index contributed by atoms with van der Waals surface area (Å²) < 4.78 is 1.05. The van der Waals surface area contributed by atoms with Crippen LogP contribution >= 0.6 is 27.7 Å². The quantitative estimate of drug-likeness (QED) is 0.433. The summed E-state index contributed by atoms with van der Waals surface area (Å²) in [4.78, 5) is 1.26. The maximum absolute atomic E-state index is 7.90. The molecule has 2 N–H and O–H groups in total. The fourth-order valence-electron chi connectivity index (χ4n) is 2.41. The van der Waals surface area contributed by atoms with Crippen molar-refractivity contribution in [3.63, 3.8) is 0 Å². The minimum Gasteiger partial charge on any atom is -0.349 e. The zero-order chi connectivity index (χ0) is 16.1. The van der Waals surface area contributed by atoms with Gasteiger partial charge in [-0.1, -0.05) is 46.3 Å². The van der Waals surface area contributed by atoms with Crippen LogP contribution in [0.15, 0.2) is 68.1 Å². The lowest BCUT2D eigenvalue weighted by Crippen LogP contribution is -2.19. The van der Waals surface area contributed by atoms with Crippen LogP contribution in [0, 0.1) is 5.41 Å². The maximum Gasteiger partial charge on any atom is 0.235 e. The van der Waals surface area contributed by atoms with Crippen LogP contribution in [0.1, 0.15) is 23.6 Å². The highest BCUT2D eigenvalue weighted by Crippen LogP contribution is 2.39. The second kappa shape index (κ2) is 7.75. The molecule has 0 radical (unpaired) electrons. The fourth-order valence-corrected chi connectivity index (χ4v) is 3.88. The first kappa shape index (κ1) is 16.2. The van der Waals surface area contributed by atoms with Crippen molar-refractivity contribution in [3.8, 4) is 0 Å². The van der Waals surface area contributed by atoms with Crippen LogP contribution in [0.3, 0.4) is 0 Å². The lowest BCUT2D eigenvalue weighted by Gasteiger charge is -2.21. The molecule has 4 nitrogen and oxygen atoms in total. The number of thioether (sulfide) groups is 1. The number of halogens is 1. The molecule has 1 heterocycles. The average Bonchev–Trinajstić information content (AvgIpc) is 2.59. The van der Waals surface area contributed by atoms with Gasteiger partial charge in [0.05, 0.1) is 6.04 Å². The lowest BCUT2D eigenvalue weighted by atomic mass is 10.1. The second-order valence-electron chi connectivity index (χ2n) is 5.24. The summed E-state index contributed by atoms with van der Waals surface area (Å²) in [5.74, 6) is 1.13. The van der Waals surface area contributed by atoms with Crippen molar-refractivity contribution in [1.82, 2.24) is 5.32 Å². The van der Waals surface area contributed by atoms with Gasteiger partial charge < -0.3 is 5.32 Å². The molecule has 0 aliphatic carbocycles. The van der Waals surface area contributed by atoms with Gasteiger partial charge in [-0.15, -0.1) is 16.9 Å². The largest absolute Gasteiger partial charge is 0.349 e. The first-order valence-corrected chi connectivity index (χ1v) is 9.19. The number of azo groups is 1. The highest BCUT2D eigenvalue weighted by atomic mass is 79.9. The Balaban J connectivity index is 1.62. The van der Waals surface area contributed by atoms with Crippen LogP contribution in [0.4, 0.5) is 0 Å². The zero-order valence-electron chi connectivity index (χ0n) is 12.5. The first-order chi connectivity index (χ1) is 11.2. The predicted molar refractivity (Wildman–Crippen MR) is 98.1 cm³/mol. The van der Waals surface area contributed by atoms with Gasteiger partial charge in [0.1, 0.15) is 0 Å². The van der Waals surface area contributed by atoms with Gasteiger partial charge in [0.25, 0.3) is 0 Å². The van der Waals surface area contributed by atoms with Crippen LogP contribution in [-0.2, 0) is 6.54 Å². The van der Waals surface area contributed by atoms with E-state index in [-0.39, 0.29) is 12.0 Å². The number of hydrogen-bond acceptors (Lipinski definition) is 3. The van der Waals surface area contributed by atoms with Gasteiger partial charge in [0, 0.05) is 21.7 Å². The molecule has 1 atom stereocenters. The van der Waals surface area contributed by atoms with E-state index >= 15 is 0 Å². The molecule has 2 aromatic carbocycles. The van der Waals surface area contributed by atoms with Crippen LogP contribution in [0.5, 0.6) is 0 Å². The van der Waals surface area contributed by atoms with E-state index in [1.165, 1.54) is 10.5 Å². The molecule has 1 aliphatic heterocycles. The minimum atomic E-state index is 0.0302. The van der Waals surface area contributed by atoms with Gasteiger partial charge in [-0.25, -0.2) is 0 Å². The Bertz CT molecular complexity index is 718. The summed E-state index contributed by atoms with van der Waals surface area (Å²) in [7, 11) is 0. The maximum atomic E-state index is 7.90. The van der Waals surface area contributed by atoms with Gasteiger partial charge in [0.15, 0.2) is 0 Å². The monoisotopic (exact) mass is 388 g/mol. The van der Waals surface area contributed by atoms with Crippen molar-refractivity contribution in [2.45, 2.75) is 23.9 Å². The standard InChI is InChI=1S/C17H17BrN4S/c18-13-6-7-16-14(10-13)15(8-9-23-16)21-22-17(19)20-11-12-4-2-1-3-5-12/h1-7,10,15H,8-9,11H2,(H2,19,20). The summed E-state index contributed by atoms with van der Waals surface area (Å²) in [5, 5.41) is 19.3. The molecule has 0 amide bonds. The summed E-state index contributed by atoms with van der Waals surface area (Å²) in [5.41, 5.74) is 2.31. The third-order valence-electron chi connectivity index (χ3n) is 3.58. The summed E-state index contributed by atoms with van der Waals surface area (Å²) in [6.07, 6.45) is 0.948. The highest BCUT2D eigenvalue weighted by Gasteiger charge is 2.20. The van der Waals surface area contributed by atoms with E-state index in [4.69, 9.17) is 5.41 Å². The first-order valence-electron chi connectivity index (χ1n) is 7.42. The molecule has 0 saturated carbocycles. The number of fused-ring (bicyclic) bond motifs is 1. The molecule has 118 valence electrons. The van der Waals surface area contributed by atoms with Gasteiger partial charge in [-0.05, 0) is 35.7 Å². The molecule has 0 spiro atoms. The number of hydrogen-bond donors (Lipinski definition) is 2. The topological polar surface area (TPSA) is 60.6 Å². The van der Waals surface area contributed by atoms with Gasteiger partial charge in [-0.3, -0.25) is 5.41 Å². The van der Waals surface area contributed by atoms with Gasteiger partial charge in [0.2, 0.25) is 5.96 Å². The number of benzene rings is 2. The molecule has 0 saturated heterocycles. The molecule has 23 heavy (non-hydrogen) atoms. The van der Waals surface area contributed by atoms with Gasteiger partial charge >= 0.3 is 0 Å². The smallest absolute Gasteiger partial charge is 0.235 e. The van der Waals surface area contributed by atoms with Crippen molar-refractivity contribution in [3.05, 3.63) is 64.1 Å². The Morgan fingerprint density at radius 3 is 2.91 bits per heavy atom. The molecular weight excluding hydrogens is 372 g/mol. The molecular formula is C17H17BrN4S. The molecule has 1 unspecified atom stereocenters. The molecule has 3 rings (SSSR count). The van der Waals surface area contributed by atoms with Crippen LogP contribution in [0.2, 0.25) is 0 Å². The number of guanidine groups is 1. The van der Waals surface area contributed by atoms with E-state index in [0.29, 0.717) is 6.54 Å². The third kappa shape index (κ3) is 4.42. The third-order valence-corrected chi connectivity index (χ3v) is 5.20. The Labute approximate surface area is 148 Å². The van der Waals surface area contributed by atoms with Crippen molar-refractivity contribution in [2.75, 3.05) is 5.75 Å². The van der Waals surface area contributed by atoms with Crippen LogP contribution in [0.25, 0.3) is 0 Å². The SMILES string of the molecule is N=C(N=NC1CCSc2ccc(Br)cc21)NCc1ccccc1. The van der Waals surface area contributed by atoms with Crippen LogP contribution in [-0.4, -0.2) is 11.7 Å². The average molecular weight is 389 g/mol. The summed E-state index contributed by atoms with van der Waals surface area (Å²) in [6, 6.07) is 16.3. The Kier molecular flexibility index (Phi) is 5.46. The Morgan fingerprint density at radius 1 is 1.26 bits per heavy atom. The minimum absolute atomic E-state index is 0.0302. The van der Waals surface area contributed by atoms with Crippen LogP contribution < -0.4 is 5.32 Å². The Hall–Kier alpha value is -1.66. The molecule has 0 aromatic heterocycles. The molecule has 1 aliphatic rings. The Morgan fingerprint density at radius 2 is 2.09 bits per heavy atom. The van der Waals surface area contributed by atoms with E-state index in [0.717, 1.165) is 22.2 Å². The second-order valence-corrected chi connectivity index (χ2v) is 7.29. The van der Waals surface area contributed by atoms with Crippen molar-refractivity contribution in [1.29, 1.82) is 5.41 Å². The molecule has 6 heteroatoms. The van der Waals surface area contributed by atoms with E-state index < -0.39 is 0 Å². The summed E-state index contributed by atoms with van der Waals surface area (Å²) >= 11 is 5.36. The van der Waals surface area contributed by atoms with Gasteiger partial charge in [-0.2, -0.15) is 5.11 Å². The van der Waals surface area contributed by atoms with Crippen molar-refractivity contribution >= 4 is 33.7 Å². The normalized spacial score (nSPS) is 17.0. The van der Waals surface area contributed by atoms with E-state index in [1.807, 2.05) is 42.1 Å². The highest BCUT2D eigenvalue weighted by molar-refractivity contribution is 9.10.